The topological polar surface area (TPSA) is 104 Å². The van der Waals surface area contributed by atoms with E-state index >= 15 is 0 Å². The number of nitrogens with zero attached hydrogens (tertiary/aromatic N) is 3. The molecule has 1 aromatic heterocycles. The second kappa shape index (κ2) is 12.0. The molecular weight excluding hydrogens is 436 g/mol. The van der Waals surface area contributed by atoms with E-state index in [4.69, 9.17) is 9.47 Å². The lowest BCUT2D eigenvalue weighted by Gasteiger charge is -2.37. The second-order valence-corrected chi connectivity index (χ2v) is 9.25. The van der Waals surface area contributed by atoms with Crippen molar-refractivity contribution >= 4 is 11.9 Å². The number of pyridine rings is 1. The van der Waals surface area contributed by atoms with Crippen molar-refractivity contribution in [2.45, 2.75) is 57.7 Å². The van der Waals surface area contributed by atoms with Crippen molar-refractivity contribution in [3.05, 3.63) is 23.4 Å². The number of nitrogens with one attached hydrogen (secondary N) is 1. The molecule has 3 amide bonds. The summed E-state index contributed by atoms with van der Waals surface area (Å²) in [7, 11) is 3.31. The maximum absolute atomic E-state index is 13.4. The van der Waals surface area contributed by atoms with Gasteiger partial charge in [-0.05, 0) is 25.8 Å². The molecule has 0 aromatic carbocycles. The third kappa shape index (κ3) is 6.39. The molecule has 1 fully saturated rings. The van der Waals surface area contributed by atoms with Gasteiger partial charge >= 0.3 is 6.03 Å². The number of likely N-dealkylation sites (N-methyl/N-ethyl adjacent to an activating group) is 1. The molecule has 9 heteroatoms. The van der Waals surface area contributed by atoms with Crippen LogP contribution in [0.5, 0.6) is 5.88 Å². The first kappa shape index (κ1) is 25.8. The van der Waals surface area contributed by atoms with Crippen LogP contribution in [0, 0.1) is 17.8 Å². The van der Waals surface area contributed by atoms with Crippen LogP contribution in [0.1, 0.15) is 55.5 Å². The van der Waals surface area contributed by atoms with E-state index in [1.807, 2.05) is 6.92 Å². The Hall–Kier alpha value is -2.83. The minimum atomic E-state index is -0.391. The minimum absolute atomic E-state index is 0.101. The van der Waals surface area contributed by atoms with E-state index in [2.05, 4.69) is 22.1 Å². The van der Waals surface area contributed by atoms with Crippen LogP contribution >= 0.6 is 0 Å². The van der Waals surface area contributed by atoms with Gasteiger partial charge in [-0.15, -0.1) is 0 Å². The molecule has 2 aliphatic rings. The number of fused-ring (bicyclic) bond motifs is 1. The molecular formula is C25H36N4O5. The smallest absolute Gasteiger partial charge is 0.317 e. The van der Waals surface area contributed by atoms with Crippen LogP contribution < -0.4 is 10.1 Å². The van der Waals surface area contributed by atoms with Gasteiger partial charge in [0.1, 0.15) is 18.3 Å². The van der Waals surface area contributed by atoms with E-state index in [0.29, 0.717) is 24.2 Å². The van der Waals surface area contributed by atoms with Gasteiger partial charge < -0.3 is 29.7 Å². The molecule has 1 aliphatic carbocycles. The fourth-order valence-electron chi connectivity index (χ4n) is 4.31. The number of methoxy groups -OCH3 is 1. The van der Waals surface area contributed by atoms with Gasteiger partial charge in [0.05, 0.1) is 19.2 Å². The fraction of sp³-hybridized carbons (Fsp3) is 0.640. The summed E-state index contributed by atoms with van der Waals surface area (Å²) in [5.74, 6) is 5.64. The maximum Gasteiger partial charge on any atom is 0.317 e. The largest absolute Gasteiger partial charge is 0.472 e. The molecule has 3 rings (SSSR count). The Labute approximate surface area is 201 Å². The number of hydrogen-bond donors (Lipinski definition) is 2. The highest BCUT2D eigenvalue weighted by Crippen LogP contribution is 2.27. The minimum Gasteiger partial charge on any atom is -0.472 e. The van der Waals surface area contributed by atoms with Crippen LogP contribution in [0.3, 0.4) is 0 Å². The van der Waals surface area contributed by atoms with Crippen molar-refractivity contribution in [1.29, 1.82) is 0 Å². The number of aliphatic hydroxyl groups excluding tert-OH is 1. The van der Waals surface area contributed by atoms with Gasteiger partial charge in [-0.25, -0.2) is 9.78 Å². The number of aliphatic hydroxyl groups is 1. The van der Waals surface area contributed by atoms with Crippen LogP contribution in [0.4, 0.5) is 4.79 Å². The first-order valence-corrected chi connectivity index (χ1v) is 11.9. The van der Waals surface area contributed by atoms with Gasteiger partial charge in [0, 0.05) is 44.4 Å². The molecule has 0 unspecified atom stereocenters. The lowest BCUT2D eigenvalue weighted by Crippen LogP contribution is -2.52. The monoisotopic (exact) mass is 472 g/mol. The first-order valence-electron chi connectivity index (χ1n) is 11.9. The standard InChI is InChI=1S/C25H36N4O5/c1-17-14-29(18(2)16-30)24(31)21-12-19(8-7-11-33-4)13-26-23(21)34-22(17)15-28(3)25(32)27-20-9-5-6-10-20/h12-13,17-18,20,22,30H,5-6,9-11,14-16H2,1-4H3,(H,27,32)/t17-,18-,22-/m0/s1. The van der Waals surface area contributed by atoms with Crippen LogP contribution in [0.15, 0.2) is 12.3 Å². The molecule has 3 atom stereocenters. The Morgan fingerprint density at radius 1 is 1.44 bits per heavy atom. The number of aromatic nitrogens is 1. The molecule has 0 bridgehead atoms. The van der Waals surface area contributed by atoms with Gasteiger partial charge in [-0.3, -0.25) is 4.79 Å². The molecule has 1 aliphatic heterocycles. The molecule has 0 spiro atoms. The van der Waals surface area contributed by atoms with E-state index in [0.717, 1.165) is 25.7 Å². The third-order valence-corrected chi connectivity index (χ3v) is 6.45. The van der Waals surface area contributed by atoms with E-state index in [1.54, 1.807) is 43.1 Å². The molecule has 1 saturated carbocycles. The Balaban J connectivity index is 1.85. The van der Waals surface area contributed by atoms with Gasteiger partial charge in [0.2, 0.25) is 5.88 Å². The quantitative estimate of drug-likeness (QED) is 0.613. The molecule has 2 N–H and O–H groups in total. The van der Waals surface area contributed by atoms with Crippen molar-refractivity contribution in [2.24, 2.45) is 5.92 Å². The Bertz CT molecular complexity index is 922. The molecule has 0 saturated heterocycles. The lowest BCUT2D eigenvalue weighted by molar-refractivity contribution is 0.0351. The summed E-state index contributed by atoms with van der Waals surface area (Å²) in [4.78, 5) is 33.8. The van der Waals surface area contributed by atoms with E-state index in [1.165, 1.54) is 0 Å². The van der Waals surface area contributed by atoms with Crippen LogP contribution in [0.25, 0.3) is 0 Å². The van der Waals surface area contributed by atoms with E-state index in [9.17, 15) is 14.7 Å². The highest BCUT2D eigenvalue weighted by Gasteiger charge is 2.35. The van der Waals surface area contributed by atoms with Gasteiger partial charge in [-0.2, -0.15) is 0 Å². The number of ether oxygens (including phenoxy) is 2. The van der Waals surface area contributed by atoms with Crippen molar-refractivity contribution < 1.29 is 24.2 Å². The molecule has 34 heavy (non-hydrogen) atoms. The molecule has 1 aromatic rings. The van der Waals surface area contributed by atoms with Crippen molar-refractivity contribution in [3.63, 3.8) is 0 Å². The number of urea groups is 1. The maximum atomic E-state index is 13.4. The van der Waals surface area contributed by atoms with Crippen LogP contribution in [-0.4, -0.2) is 90.5 Å². The number of carbonyl (C=O) groups excluding carboxylic acids is 2. The number of hydrogen-bond acceptors (Lipinski definition) is 6. The first-order chi connectivity index (χ1) is 16.3. The SMILES string of the molecule is COCC#Cc1cnc2c(c1)C(=O)N([C@@H](C)CO)C[C@H](C)[C@H](CN(C)C(=O)NC1CCCC1)O2. The van der Waals surface area contributed by atoms with Crippen LogP contribution in [0.2, 0.25) is 0 Å². The molecule has 0 radical (unpaired) electrons. The predicted octanol–water partition coefficient (Wildman–Crippen LogP) is 1.88. The predicted molar refractivity (Wildman–Crippen MR) is 128 cm³/mol. The summed E-state index contributed by atoms with van der Waals surface area (Å²) in [5.41, 5.74) is 0.863. The summed E-state index contributed by atoms with van der Waals surface area (Å²) in [6.45, 7) is 4.61. The average molecular weight is 473 g/mol. The zero-order chi connectivity index (χ0) is 24.7. The molecule has 2 heterocycles. The summed E-state index contributed by atoms with van der Waals surface area (Å²) in [6.07, 6.45) is 5.49. The lowest BCUT2D eigenvalue weighted by atomic mass is 10.00. The Morgan fingerprint density at radius 2 is 2.18 bits per heavy atom. The highest BCUT2D eigenvalue weighted by atomic mass is 16.5. The fourth-order valence-corrected chi connectivity index (χ4v) is 4.31. The number of amides is 3. The Kier molecular flexibility index (Phi) is 9.13. The van der Waals surface area contributed by atoms with Crippen molar-refractivity contribution in [3.8, 4) is 17.7 Å². The molecule has 186 valence electrons. The van der Waals surface area contributed by atoms with Gasteiger partial charge in [0.15, 0.2) is 0 Å². The number of carbonyl (C=O) groups is 2. The van der Waals surface area contributed by atoms with Gasteiger partial charge in [-0.1, -0.05) is 31.6 Å². The molecule has 9 nitrogen and oxygen atoms in total. The summed E-state index contributed by atoms with van der Waals surface area (Å²) < 4.78 is 11.2. The normalized spacial score (nSPS) is 21.4. The Morgan fingerprint density at radius 3 is 2.85 bits per heavy atom. The van der Waals surface area contributed by atoms with Crippen LogP contribution in [-0.2, 0) is 4.74 Å². The van der Waals surface area contributed by atoms with E-state index in [-0.39, 0.29) is 49.0 Å². The second-order valence-electron chi connectivity index (χ2n) is 9.25. The summed E-state index contributed by atoms with van der Waals surface area (Å²) in [6, 6.07) is 1.38. The zero-order valence-electron chi connectivity index (χ0n) is 20.5. The van der Waals surface area contributed by atoms with E-state index < -0.39 is 6.10 Å². The third-order valence-electron chi connectivity index (χ3n) is 6.45. The number of rotatable bonds is 6. The average Bonchev–Trinajstić information content (AvgIpc) is 3.34. The van der Waals surface area contributed by atoms with Gasteiger partial charge in [0.25, 0.3) is 5.91 Å². The summed E-state index contributed by atoms with van der Waals surface area (Å²) >= 11 is 0. The zero-order valence-corrected chi connectivity index (χ0v) is 20.5. The van der Waals surface area contributed by atoms with Crippen molar-refractivity contribution in [2.75, 3.05) is 40.5 Å². The van der Waals surface area contributed by atoms with Crippen molar-refractivity contribution in [1.82, 2.24) is 20.1 Å². The summed E-state index contributed by atoms with van der Waals surface area (Å²) in [5, 5.41) is 12.9. The highest BCUT2D eigenvalue weighted by molar-refractivity contribution is 5.97.